The van der Waals surface area contributed by atoms with Crippen molar-refractivity contribution in [1.29, 1.82) is 0 Å². The number of nitrogens with zero attached hydrogens (tertiary/aromatic N) is 3. The molecule has 2 heterocycles. The smallest absolute Gasteiger partial charge is 0.301 e. The molecule has 2 fully saturated rings. The highest BCUT2D eigenvalue weighted by molar-refractivity contribution is 6.04. The predicted octanol–water partition coefficient (Wildman–Crippen LogP) is 4.37. The summed E-state index contributed by atoms with van der Waals surface area (Å²) in [5.74, 6) is 0.889. The third-order valence-electron chi connectivity index (χ3n) is 6.38. The molecule has 1 atom stereocenters. The summed E-state index contributed by atoms with van der Waals surface area (Å²) in [6.07, 6.45) is 11.8. The van der Waals surface area contributed by atoms with Crippen molar-refractivity contribution in [1.82, 2.24) is 10.2 Å². The van der Waals surface area contributed by atoms with Crippen LogP contribution < -0.4 is 10.2 Å². The first-order chi connectivity index (χ1) is 13.8. The van der Waals surface area contributed by atoms with E-state index < -0.39 is 0 Å². The maximum absolute atomic E-state index is 13.2. The summed E-state index contributed by atoms with van der Waals surface area (Å²) in [5.41, 5.74) is 2.34. The van der Waals surface area contributed by atoms with Crippen LogP contribution in [0.3, 0.4) is 0 Å². The standard InChI is InChI=1S/C23H34N4O/c28-23-25-22(24-20-10-4-1-5-11-20)13-15-26-14-6-2-3-8-19-9-7-12-21(18-19)27(23)17-16-26/h7,9,12,18,20H,1-6,8,10-11,13-17H2,(H,24,25,28). The molecule has 3 aliphatic rings. The van der Waals surface area contributed by atoms with Crippen molar-refractivity contribution in [3.8, 4) is 0 Å². The van der Waals surface area contributed by atoms with Gasteiger partial charge in [-0.2, -0.15) is 0 Å². The van der Waals surface area contributed by atoms with Gasteiger partial charge in [0.25, 0.3) is 0 Å². The van der Waals surface area contributed by atoms with Gasteiger partial charge in [0.15, 0.2) is 0 Å². The third-order valence-corrected chi connectivity index (χ3v) is 6.38. The van der Waals surface area contributed by atoms with Crippen molar-refractivity contribution in [2.45, 2.75) is 70.3 Å². The molecule has 1 saturated carbocycles. The van der Waals surface area contributed by atoms with Crippen LogP contribution in [0, 0.1) is 0 Å². The van der Waals surface area contributed by atoms with Crippen molar-refractivity contribution in [2.75, 3.05) is 31.1 Å². The van der Waals surface area contributed by atoms with Crippen LogP contribution >= 0.6 is 0 Å². The van der Waals surface area contributed by atoms with Crippen molar-refractivity contribution in [2.24, 2.45) is 4.99 Å². The second kappa shape index (κ2) is 9.55. The largest absolute Gasteiger partial charge is 0.327 e. The molecule has 0 radical (unpaired) electrons. The van der Waals surface area contributed by atoms with E-state index in [-0.39, 0.29) is 6.03 Å². The Morgan fingerprint density at radius 2 is 1.75 bits per heavy atom. The third kappa shape index (κ3) is 5.13. The van der Waals surface area contributed by atoms with E-state index in [1.54, 1.807) is 0 Å². The molecule has 2 amide bonds. The van der Waals surface area contributed by atoms with Crippen LogP contribution in [-0.2, 0) is 6.42 Å². The maximum atomic E-state index is 13.2. The zero-order chi connectivity index (χ0) is 19.2. The topological polar surface area (TPSA) is 47.9 Å². The summed E-state index contributed by atoms with van der Waals surface area (Å²) in [7, 11) is 0. The Balaban J connectivity index is 1.60. The lowest BCUT2D eigenvalue weighted by atomic mass is 9.96. The summed E-state index contributed by atoms with van der Waals surface area (Å²) < 4.78 is 0. The van der Waals surface area contributed by atoms with E-state index in [9.17, 15) is 4.79 Å². The zero-order valence-corrected chi connectivity index (χ0v) is 17.0. The number of carbonyl (C=O) groups is 1. The van der Waals surface area contributed by atoms with Gasteiger partial charge >= 0.3 is 6.03 Å². The highest BCUT2D eigenvalue weighted by atomic mass is 16.2. The average Bonchev–Trinajstić information content (AvgIpc) is 2.78. The lowest BCUT2D eigenvalue weighted by Crippen LogP contribution is -2.44. The minimum absolute atomic E-state index is 0.0226. The summed E-state index contributed by atoms with van der Waals surface area (Å²) in [6, 6.07) is 8.90. The van der Waals surface area contributed by atoms with Crippen molar-refractivity contribution < 1.29 is 4.79 Å². The highest BCUT2D eigenvalue weighted by Crippen LogP contribution is 2.22. The van der Waals surface area contributed by atoms with Gasteiger partial charge in [-0.25, -0.2) is 4.79 Å². The molecule has 5 nitrogen and oxygen atoms in total. The van der Waals surface area contributed by atoms with Gasteiger partial charge in [-0.3, -0.25) is 15.2 Å². The Morgan fingerprint density at radius 3 is 2.64 bits per heavy atom. The van der Waals surface area contributed by atoms with E-state index in [1.807, 2.05) is 4.90 Å². The van der Waals surface area contributed by atoms with Crippen LogP contribution in [0.5, 0.6) is 0 Å². The second-order valence-electron chi connectivity index (χ2n) is 8.52. The molecule has 28 heavy (non-hydrogen) atoms. The number of carbonyl (C=O) groups excluding carboxylic acids is 1. The molecular weight excluding hydrogens is 348 g/mol. The summed E-state index contributed by atoms with van der Waals surface area (Å²) in [6.45, 7) is 3.76. The fourth-order valence-corrected chi connectivity index (χ4v) is 4.69. The van der Waals surface area contributed by atoms with Gasteiger partial charge in [-0.05, 0) is 56.3 Å². The van der Waals surface area contributed by atoms with Gasteiger partial charge in [0.2, 0.25) is 0 Å². The molecule has 0 aromatic heterocycles. The summed E-state index contributed by atoms with van der Waals surface area (Å²) in [5, 5.41) is 3.18. The van der Waals surface area contributed by atoms with Crippen LogP contribution in [0.4, 0.5) is 10.5 Å². The molecule has 1 aromatic carbocycles. The first-order valence-electron chi connectivity index (χ1n) is 11.2. The Bertz CT molecular complexity index is 696. The molecular formula is C23H34N4O. The Morgan fingerprint density at radius 1 is 0.893 bits per heavy atom. The van der Waals surface area contributed by atoms with Gasteiger partial charge in [0.1, 0.15) is 5.84 Å². The highest BCUT2D eigenvalue weighted by Gasteiger charge is 2.23. The number of aliphatic imine (C=N–C) groups is 1. The van der Waals surface area contributed by atoms with Gasteiger partial charge in [0.05, 0.1) is 6.04 Å². The molecule has 4 rings (SSSR count). The van der Waals surface area contributed by atoms with Crippen molar-refractivity contribution >= 4 is 17.6 Å². The number of amidine groups is 1. The number of rotatable bonds is 1. The van der Waals surface area contributed by atoms with Gasteiger partial charge < -0.3 is 4.90 Å². The lowest BCUT2D eigenvalue weighted by Gasteiger charge is -2.26. The lowest BCUT2D eigenvalue weighted by molar-refractivity contribution is 0.248. The number of nitrogens with one attached hydrogen (secondary N) is 1. The molecule has 1 N–H and O–H groups in total. The van der Waals surface area contributed by atoms with Crippen LogP contribution in [0.25, 0.3) is 0 Å². The van der Waals surface area contributed by atoms with Gasteiger partial charge in [-0.1, -0.05) is 37.8 Å². The van der Waals surface area contributed by atoms with Crippen LogP contribution in [-0.4, -0.2) is 49.0 Å². The molecule has 4 bridgehead atoms. The monoisotopic (exact) mass is 382 g/mol. The number of amides is 2. The fourth-order valence-electron chi connectivity index (χ4n) is 4.69. The molecule has 1 aromatic rings. The van der Waals surface area contributed by atoms with E-state index in [4.69, 9.17) is 4.99 Å². The van der Waals surface area contributed by atoms with E-state index in [2.05, 4.69) is 34.5 Å². The number of fused-ring (bicyclic) bond motifs is 6. The predicted molar refractivity (Wildman–Crippen MR) is 115 cm³/mol. The fraction of sp³-hybridized carbons (Fsp3) is 0.652. The number of hydrogen-bond acceptors (Lipinski definition) is 3. The molecule has 2 aliphatic heterocycles. The zero-order valence-electron chi connectivity index (χ0n) is 17.0. The second-order valence-corrected chi connectivity index (χ2v) is 8.52. The average molecular weight is 383 g/mol. The number of aryl methyl sites for hydroxylation is 1. The maximum Gasteiger partial charge on any atom is 0.327 e. The van der Waals surface area contributed by atoms with Crippen LogP contribution in [0.1, 0.15) is 63.4 Å². The minimum atomic E-state index is -0.0226. The Hall–Kier alpha value is -1.88. The Kier molecular flexibility index (Phi) is 6.63. The van der Waals surface area contributed by atoms with Crippen molar-refractivity contribution in [3.63, 3.8) is 0 Å². The number of hydrogen-bond donors (Lipinski definition) is 1. The van der Waals surface area contributed by atoms with Crippen LogP contribution in [0.2, 0.25) is 0 Å². The van der Waals surface area contributed by atoms with Crippen molar-refractivity contribution in [3.05, 3.63) is 29.8 Å². The number of benzene rings is 1. The molecule has 1 aliphatic carbocycles. The first-order valence-corrected chi connectivity index (χ1v) is 11.2. The summed E-state index contributed by atoms with van der Waals surface area (Å²) >= 11 is 0. The van der Waals surface area contributed by atoms with E-state index in [0.29, 0.717) is 6.04 Å². The van der Waals surface area contributed by atoms with Gasteiger partial charge in [0, 0.05) is 31.7 Å². The molecule has 5 heteroatoms. The molecule has 1 unspecified atom stereocenters. The molecule has 152 valence electrons. The molecule has 0 spiro atoms. The normalized spacial score (nSPS) is 26.6. The van der Waals surface area contributed by atoms with Gasteiger partial charge in [-0.15, -0.1) is 0 Å². The minimum Gasteiger partial charge on any atom is -0.301 e. The number of anilines is 1. The van der Waals surface area contributed by atoms with E-state index in [0.717, 1.165) is 63.4 Å². The van der Waals surface area contributed by atoms with E-state index >= 15 is 0 Å². The Labute approximate surface area is 169 Å². The number of urea groups is 1. The SMILES string of the molecule is O=C1NC(=NC2CCCCC2)CCN2CCCCCc3cccc(c3)N1CC2. The summed E-state index contributed by atoms with van der Waals surface area (Å²) in [4.78, 5) is 22.6. The van der Waals surface area contributed by atoms with Crippen LogP contribution in [0.15, 0.2) is 29.3 Å². The first kappa shape index (κ1) is 19.4. The quantitative estimate of drug-likeness (QED) is 0.784. The van der Waals surface area contributed by atoms with E-state index in [1.165, 1.54) is 44.1 Å². The molecule has 1 saturated heterocycles.